The quantitative estimate of drug-likeness (QED) is 0.604. The maximum absolute atomic E-state index is 12.2. The van der Waals surface area contributed by atoms with Crippen molar-refractivity contribution in [3.63, 3.8) is 0 Å². The normalized spacial score (nSPS) is 12.2. The van der Waals surface area contributed by atoms with Crippen LogP contribution in [0.1, 0.15) is 25.5 Å². The molecule has 8 heteroatoms. The van der Waals surface area contributed by atoms with Crippen LogP contribution < -0.4 is 10.0 Å². The van der Waals surface area contributed by atoms with E-state index in [1.54, 1.807) is 6.07 Å². The van der Waals surface area contributed by atoms with Crippen LogP contribution in [0.2, 0.25) is 0 Å². The van der Waals surface area contributed by atoms with Crippen LogP contribution in [0.15, 0.2) is 20.0 Å². The lowest BCUT2D eigenvalue weighted by atomic mass is 10.3. The van der Waals surface area contributed by atoms with E-state index in [9.17, 15) is 8.42 Å². The van der Waals surface area contributed by atoms with Gasteiger partial charge in [-0.1, -0.05) is 6.92 Å². The lowest BCUT2D eigenvalue weighted by Gasteiger charge is -2.09. The van der Waals surface area contributed by atoms with Gasteiger partial charge >= 0.3 is 0 Å². The zero-order chi connectivity index (χ0) is 15.9. The van der Waals surface area contributed by atoms with Gasteiger partial charge in [-0.15, -0.1) is 0 Å². The van der Waals surface area contributed by atoms with E-state index in [-0.39, 0.29) is 9.56 Å². The molecule has 0 aliphatic heterocycles. The Balaban J connectivity index is 2.55. The molecule has 0 saturated carbocycles. The topological polar surface area (TPSA) is 74.6 Å². The SMILES string of the molecule is CCNCc1cc(S(=O)(=O)NCCCCN(C)C)c(Br)o1. The predicted molar refractivity (Wildman–Crippen MR) is 86.8 cm³/mol. The monoisotopic (exact) mass is 381 g/mol. The van der Waals surface area contributed by atoms with E-state index in [1.165, 1.54) is 0 Å². The van der Waals surface area contributed by atoms with Crippen LogP contribution in [0, 0.1) is 0 Å². The molecule has 1 aromatic heterocycles. The van der Waals surface area contributed by atoms with E-state index in [2.05, 4.69) is 30.9 Å². The molecule has 0 unspecified atom stereocenters. The summed E-state index contributed by atoms with van der Waals surface area (Å²) in [4.78, 5) is 2.23. The number of hydrogen-bond donors (Lipinski definition) is 2. The number of nitrogens with one attached hydrogen (secondary N) is 2. The van der Waals surface area contributed by atoms with Crippen LogP contribution >= 0.6 is 15.9 Å². The summed E-state index contributed by atoms with van der Waals surface area (Å²) in [6, 6.07) is 1.55. The van der Waals surface area contributed by atoms with Gasteiger partial charge in [-0.3, -0.25) is 0 Å². The van der Waals surface area contributed by atoms with Crippen molar-refractivity contribution in [1.29, 1.82) is 0 Å². The van der Waals surface area contributed by atoms with Gasteiger partial charge in [0, 0.05) is 12.6 Å². The number of sulfonamides is 1. The average molecular weight is 382 g/mol. The molecule has 0 aliphatic carbocycles. The first-order valence-corrected chi connectivity index (χ1v) is 9.27. The van der Waals surface area contributed by atoms with E-state index in [0.717, 1.165) is 25.9 Å². The van der Waals surface area contributed by atoms with Crippen molar-refractivity contribution >= 4 is 26.0 Å². The maximum atomic E-state index is 12.2. The van der Waals surface area contributed by atoms with E-state index in [1.807, 2.05) is 21.0 Å². The molecule has 1 heterocycles. The van der Waals surface area contributed by atoms with E-state index >= 15 is 0 Å². The second kappa shape index (κ2) is 8.89. The Morgan fingerprint density at radius 3 is 2.67 bits per heavy atom. The highest BCUT2D eigenvalue weighted by Crippen LogP contribution is 2.25. The lowest BCUT2D eigenvalue weighted by molar-refractivity contribution is 0.394. The van der Waals surface area contributed by atoms with Gasteiger partial charge in [0.2, 0.25) is 10.0 Å². The number of rotatable bonds is 10. The molecule has 2 N–H and O–H groups in total. The minimum absolute atomic E-state index is 0.156. The van der Waals surface area contributed by atoms with Crippen LogP contribution in [0.25, 0.3) is 0 Å². The van der Waals surface area contributed by atoms with Gasteiger partial charge in [0.25, 0.3) is 0 Å². The van der Waals surface area contributed by atoms with Crippen LogP contribution in [0.4, 0.5) is 0 Å². The third kappa shape index (κ3) is 6.48. The van der Waals surface area contributed by atoms with Crippen LogP contribution in [0.5, 0.6) is 0 Å². The smallest absolute Gasteiger partial charge is 0.244 e. The summed E-state index contributed by atoms with van der Waals surface area (Å²) in [6.45, 7) is 4.66. The molecule has 0 spiro atoms. The Labute approximate surface area is 135 Å². The second-order valence-corrected chi connectivity index (χ2v) is 7.49. The Hall–Kier alpha value is -0.410. The first-order valence-electron chi connectivity index (χ1n) is 7.00. The second-order valence-electron chi connectivity index (χ2n) is 5.04. The first-order chi connectivity index (χ1) is 9.86. The molecular formula is C13H24BrN3O3S. The van der Waals surface area contributed by atoms with Gasteiger partial charge in [0.05, 0.1) is 6.54 Å². The molecule has 0 aromatic carbocycles. The van der Waals surface area contributed by atoms with E-state index in [0.29, 0.717) is 18.8 Å². The van der Waals surface area contributed by atoms with Gasteiger partial charge in [-0.05, 0) is 56.0 Å². The Morgan fingerprint density at radius 1 is 1.33 bits per heavy atom. The summed E-state index contributed by atoms with van der Waals surface area (Å²) in [7, 11) is 0.469. The molecule has 0 aliphatic rings. The van der Waals surface area contributed by atoms with Gasteiger partial charge in [-0.25, -0.2) is 13.1 Å². The van der Waals surface area contributed by atoms with Crippen LogP contribution in [0.3, 0.4) is 0 Å². The van der Waals surface area contributed by atoms with Crippen molar-refractivity contribution in [2.45, 2.75) is 31.2 Å². The molecule has 1 rings (SSSR count). The predicted octanol–water partition coefficient (Wildman–Crippen LogP) is 1.77. The Bertz CT molecular complexity index is 529. The number of nitrogens with zero attached hydrogens (tertiary/aromatic N) is 1. The molecule has 0 atom stereocenters. The largest absolute Gasteiger partial charge is 0.452 e. The number of unbranched alkanes of at least 4 members (excludes halogenated alkanes) is 1. The summed E-state index contributed by atoms with van der Waals surface area (Å²) in [5.74, 6) is 0.594. The Kier molecular flexibility index (Phi) is 7.89. The minimum atomic E-state index is -3.53. The lowest BCUT2D eigenvalue weighted by Crippen LogP contribution is -2.25. The fraction of sp³-hybridized carbons (Fsp3) is 0.692. The van der Waals surface area contributed by atoms with Crippen molar-refractivity contribution in [3.05, 3.63) is 16.5 Å². The fourth-order valence-corrected chi connectivity index (χ4v) is 3.82. The van der Waals surface area contributed by atoms with Crippen molar-refractivity contribution in [2.75, 3.05) is 33.7 Å². The third-order valence-electron chi connectivity index (χ3n) is 2.87. The summed E-state index contributed by atoms with van der Waals surface area (Å²) in [5.41, 5.74) is 0. The van der Waals surface area contributed by atoms with E-state index < -0.39 is 10.0 Å². The van der Waals surface area contributed by atoms with Crippen LogP contribution in [-0.2, 0) is 16.6 Å². The van der Waals surface area contributed by atoms with Gasteiger partial charge in [0.1, 0.15) is 10.7 Å². The first kappa shape index (κ1) is 18.6. The average Bonchev–Trinajstić information content (AvgIpc) is 2.77. The number of hydrogen-bond acceptors (Lipinski definition) is 5. The third-order valence-corrected chi connectivity index (χ3v) is 5.19. The molecule has 0 saturated heterocycles. The highest BCUT2D eigenvalue weighted by molar-refractivity contribution is 9.10. The molecule has 0 amide bonds. The molecule has 1 aromatic rings. The zero-order valence-corrected chi connectivity index (χ0v) is 15.2. The highest BCUT2D eigenvalue weighted by atomic mass is 79.9. The molecule has 0 radical (unpaired) electrons. The maximum Gasteiger partial charge on any atom is 0.244 e. The van der Waals surface area contributed by atoms with Crippen molar-refractivity contribution in [2.24, 2.45) is 0 Å². The van der Waals surface area contributed by atoms with Crippen LogP contribution in [-0.4, -0.2) is 47.0 Å². The minimum Gasteiger partial charge on any atom is -0.452 e. The molecule has 122 valence electrons. The fourth-order valence-electron chi connectivity index (χ4n) is 1.75. The van der Waals surface area contributed by atoms with Crippen molar-refractivity contribution in [1.82, 2.24) is 14.9 Å². The standard InChI is InChI=1S/C13H24BrN3O3S/c1-4-15-10-11-9-12(13(14)20-11)21(18,19)16-7-5-6-8-17(2)3/h9,15-16H,4-8,10H2,1-3H3. The number of furan rings is 1. The molecule has 0 bridgehead atoms. The molecule has 0 fully saturated rings. The number of halogens is 1. The van der Waals surface area contributed by atoms with Gasteiger partial charge in [-0.2, -0.15) is 0 Å². The summed E-state index contributed by atoms with van der Waals surface area (Å²) >= 11 is 3.17. The molecule has 21 heavy (non-hydrogen) atoms. The summed E-state index contributed by atoms with van der Waals surface area (Å²) < 4.78 is 32.6. The zero-order valence-electron chi connectivity index (χ0n) is 12.8. The Morgan fingerprint density at radius 2 is 2.05 bits per heavy atom. The highest BCUT2D eigenvalue weighted by Gasteiger charge is 2.21. The summed E-state index contributed by atoms with van der Waals surface area (Å²) in [6.07, 6.45) is 1.75. The molecular weight excluding hydrogens is 358 g/mol. The van der Waals surface area contributed by atoms with Gasteiger partial charge < -0.3 is 14.6 Å². The van der Waals surface area contributed by atoms with Crippen molar-refractivity contribution < 1.29 is 12.8 Å². The summed E-state index contributed by atoms with van der Waals surface area (Å²) in [5, 5.41) is 3.09. The van der Waals surface area contributed by atoms with Crippen molar-refractivity contribution in [3.8, 4) is 0 Å². The molecule has 6 nitrogen and oxygen atoms in total. The van der Waals surface area contributed by atoms with E-state index in [4.69, 9.17) is 4.42 Å². The van der Waals surface area contributed by atoms with Gasteiger partial charge in [0.15, 0.2) is 4.67 Å².